The summed E-state index contributed by atoms with van der Waals surface area (Å²) in [5, 5.41) is 2.88. The first kappa shape index (κ1) is 21.5. The maximum Gasteiger partial charge on any atom is 0.261 e. The quantitative estimate of drug-likeness (QED) is 0.759. The highest BCUT2D eigenvalue weighted by atomic mass is 16.5. The van der Waals surface area contributed by atoms with E-state index in [1.165, 1.54) is 0 Å². The Bertz CT molecular complexity index is 782. The van der Waals surface area contributed by atoms with Crippen LogP contribution in [0.5, 0.6) is 5.75 Å². The zero-order chi connectivity index (χ0) is 20.7. The Labute approximate surface area is 167 Å². The minimum Gasteiger partial charge on any atom is -0.484 e. The molecule has 0 spiro atoms. The summed E-state index contributed by atoms with van der Waals surface area (Å²) in [6.45, 7) is 9.79. The van der Waals surface area contributed by atoms with Gasteiger partial charge < -0.3 is 15.0 Å². The molecule has 0 fully saturated rings. The fourth-order valence-electron chi connectivity index (χ4n) is 2.74. The van der Waals surface area contributed by atoms with Gasteiger partial charge in [0.05, 0.1) is 0 Å². The molecule has 0 radical (unpaired) electrons. The van der Waals surface area contributed by atoms with Gasteiger partial charge >= 0.3 is 0 Å². The second-order valence-electron chi connectivity index (χ2n) is 7.45. The minimum atomic E-state index is -0.599. The molecule has 2 rings (SSSR count). The molecule has 0 bridgehead atoms. The van der Waals surface area contributed by atoms with E-state index >= 15 is 0 Å². The van der Waals surface area contributed by atoms with E-state index < -0.39 is 6.04 Å². The van der Waals surface area contributed by atoms with Crippen LogP contribution in [0.15, 0.2) is 48.5 Å². The lowest BCUT2D eigenvalue weighted by atomic mass is 10.1. The Balaban J connectivity index is 2.12. The number of nitrogens with one attached hydrogen (secondary N) is 1. The molecule has 0 aromatic heterocycles. The molecule has 1 N–H and O–H groups in total. The lowest BCUT2D eigenvalue weighted by Crippen LogP contribution is -2.50. The first-order chi connectivity index (χ1) is 13.3. The molecule has 2 aromatic rings. The highest BCUT2D eigenvalue weighted by Crippen LogP contribution is 2.14. The summed E-state index contributed by atoms with van der Waals surface area (Å²) < 4.78 is 5.65. The van der Waals surface area contributed by atoms with Crippen LogP contribution < -0.4 is 10.1 Å². The molecule has 0 aliphatic rings. The topological polar surface area (TPSA) is 58.6 Å². The average Bonchev–Trinajstić information content (AvgIpc) is 2.65. The molecule has 0 aliphatic carbocycles. The van der Waals surface area contributed by atoms with E-state index in [-0.39, 0.29) is 24.5 Å². The fourth-order valence-corrected chi connectivity index (χ4v) is 2.74. The molecule has 5 heteroatoms. The highest BCUT2D eigenvalue weighted by molar-refractivity contribution is 5.88. The molecule has 1 atom stereocenters. The third-order valence-electron chi connectivity index (χ3n) is 4.46. The standard InChI is InChI=1S/C23H30N2O3/c1-16(2)24-23(27)19(5)25(14-20-10-6-17(3)7-11-20)22(26)15-28-21-12-8-18(4)9-13-21/h6-13,16,19H,14-15H2,1-5H3,(H,24,27). The SMILES string of the molecule is Cc1ccc(CN(C(=O)COc2ccc(C)cc2)C(C)C(=O)NC(C)C)cc1. The van der Waals surface area contributed by atoms with Crippen LogP contribution in [0.3, 0.4) is 0 Å². The molecule has 0 aliphatic heterocycles. The van der Waals surface area contributed by atoms with Gasteiger partial charge in [-0.15, -0.1) is 0 Å². The van der Waals surface area contributed by atoms with Gasteiger partial charge in [-0.25, -0.2) is 0 Å². The zero-order valence-corrected chi connectivity index (χ0v) is 17.4. The number of nitrogens with zero attached hydrogens (tertiary/aromatic N) is 1. The second-order valence-corrected chi connectivity index (χ2v) is 7.45. The number of hydrogen-bond acceptors (Lipinski definition) is 3. The summed E-state index contributed by atoms with van der Waals surface area (Å²) in [4.78, 5) is 27.0. The maximum atomic E-state index is 12.9. The van der Waals surface area contributed by atoms with E-state index in [0.717, 1.165) is 16.7 Å². The van der Waals surface area contributed by atoms with Crippen LogP contribution in [-0.4, -0.2) is 35.4 Å². The van der Waals surface area contributed by atoms with Crippen molar-refractivity contribution in [3.63, 3.8) is 0 Å². The first-order valence-corrected chi connectivity index (χ1v) is 9.61. The summed E-state index contributed by atoms with van der Waals surface area (Å²) in [5.74, 6) is 0.229. The van der Waals surface area contributed by atoms with Crippen molar-refractivity contribution in [3.05, 3.63) is 65.2 Å². The molecule has 5 nitrogen and oxygen atoms in total. The van der Waals surface area contributed by atoms with Gasteiger partial charge in [0.25, 0.3) is 5.91 Å². The van der Waals surface area contributed by atoms with Gasteiger partial charge in [-0.3, -0.25) is 9.59 Å². The molecule has 0 saturated heterocycles. The van der Waals surface area contributed by atoms with E-state index in [1.807, 2.05) is 76.2 Å². The molecular weight excluding hydrogens is 352 g/mol. The highest BCUT2D eigenvalue weighted by Gasteiger charge is 2.26. The number of aryl methyl sites for hydroxylation is 2. The molecular formula is C23H30N2O3. The van der Waals surface area contributed by atoms with Crippen molar-refractivity contribution in [3.8, 4) is 5.75 Å². The third kappa shape index (κ3) is 6.41. The Morgan fingerprint density at radius 2 is 1.46 bits per heavy atom. The van der Waals surface area contributed by atoms with Gasteiger partial charge in [-0.05, 0) is 52.3 Å². The van der Waals surface area contributed by atoms with Crippen molar-refractivity contribution in [1.82, 2.24) is 10.2 Å². The predicted octanol–water partition coefficient (Wildman–Crippen LogP) is 3.62. The lowest BCUT2D eigenvalue weighted by molar-refractivity contribution is -0.142. The summed E-state index contributed by atoms with van der Waals surface area (Å²) in [6, 6.07) is 14.9. The summed E-state index contributed by atoms with van der Waals surface area (Å²) >= 11 is 0. The van der Waals surface area contributed by atoms with Crippen LogP contribution >= 0.6 is 0 Å². The molecule has 1 unspecified atom stereocenters. The Morgan fingerprint density at radius 3 is 2.00 bits per heavy atom. The van der Waals surface area contributed by atoms with Crippen molar-refractivity contribution in [2.75, 3.05) is 6.61 Å². The van der Waals surface area contributed by atoms with E-state index in [4.69, 9.17) is 4.74 Å². The molecule has 28 heavy (non-hydrogen) atoms. The summed E-state index contributed by atoms with van der Waals surface area (Å²) in [6.07, 6.45) is 0. The van der Waals surface area contributed by atoms with Crippen molar-refractivity contribution in [2.45, 2.75) is 53.2 Å². The van der Waals surface area contributed by atoms with E-state index in [1.54, 1.807) is 11.8 Å². The van der Waals surface area contributed by atoms with Crippen LogP contribution in [0.1, 0.15) is 37.5 Å². The minimum absolute atomic E-state index is 0.00934. The molecule has 0 saturated carbocycles. The Kier molecular flexibility index (Phi) is 7.61. The van der Waals surface area contributed by atoms with Crippen molar-refractivity contribution < 1.29 is 14.3 Å². The van der Waals surface area contributed by atoms with E-state index in [9.17, 15) is 9.59 Å². The van der Waals surface area contributed by atoms with Crippen molar-refractivity contribution in [1.29, 1.82) is 0 Å². The van der Waals surface area contributed by atoms with E-state index in [0.29, 0.717) is 12.3 Å². The van der Waals surface area contributed by atoms with Crippen molar-refractivity contribution >= 4 is 11.8 Å². The predicted molar refractivity (Wildman–Crippen MR) is 111 cm³/mol. The second kappa shape index (κ2) is 9.93. The van der Waals surface area contributed by atoms with Crippen LogP contribution in [-0.2, 0) is 16.1 Å². The smallest absolute Gasteiger partial charge is 0.261 e. The Hall–Kier alpha value is -2.82. The number of benzene rings is 2. The van der Waals surface area contributed by atoms with Crippen LogP contribution in [0.25, 0.3) is 0 Å². The maximum absolute atomic E-state index is 12.9. The number of rotatable bonds is 8. The van der Waals surface area contributed by atoms with Crippen LogP contribution in [0, 0.1) is 13.8 Å². The molecule has 0 heterocycles. The van der Waals surface area contributed by atoms with Gasteiger partial charge in [0.1, 0.15) is 11.8 Å². The van der Waals surface area contributed by atoms with E-state index in [2.05, 4.69) is 5.32 Å². The number of carbonyl (C=O) groups excluding carboxylic acids is 2. The first-order valence-electron chi connectivity index (χ1n) is 9.61. The molecule has 2 aromatic carbocycles. The average molecular weight is 383 g/mol. The Morgan fingerprint density at radius 1 is 0.929 bits per heavy atom. The van der Waals surface area contributed by atoms with Gasteiger partial charge in [-0.1, -0.05) is 47.5 Å². The van der Waals surface area contributed by atoms with Gasteiger partial charge in [0, 0.05) is 12.6 Å². The van der Waals surface area contributed by atoms with Gasteiger partial charge in [-0.2, -0.15) is 0 Å². The van der Waals surface area contributed by atoms with Crippen LogP contribution in [0.2, 0.25) is 0 Å². The number of ether oxygens (including phenoxy) is 1. The number of amides is 2. The normalized spacial score (nSPS) is 11.8. The fraction of sp³-hybridized carbons (Fsp3) is 0.391. The monoisotopic (exact) mass is 382 g/mol. The number of carbonyl (C=O) groups is 2. The lowest BCUT2D eigenvalue weighted by Gasteiger charge is -2.29. The molecule has 150 valence electrons. The van der Waals surface area contributed by atoms with Gasteiger partial charge in [0.15, 0.2) is 6.61 Å². The zero-order valence-electron chi connectivity index (χ0n) is 17.4. The summed E-state index contributed by atoms with van der Waals surface area (Å²) in [5.41, 5.74) is 3.24. The largest absolute Gasteiger partial charge is 0.484 e. The van der Waals surface area contributed by atoms with Crippen molar-refractivity contribution in [2.24, 2.45) is 0 Å². The summed E-state index contributed by atoms with van der Waals surface area (Å²) in [7, 11) is 0. The molecule has 2 amide bonds. The van der Waals surface area contributed by atoms with Crippen LogP contribution in [0.4, 0.5) is 0 Å². The third-order valence-corrected chi connectivity index (χ3v) is 4.46. The number of hydrogen-bond donors (Lipinski definition) is 1. The van der Waals surface area contributed by atoms with Gasteiger partial charge in [0.2, 0.25) is 5.91 Å².